The zero-order chi connectivity index (χ0) is 17.0. The van der Waals surface area contributed by atoms with E-state index in [1.54, 1.807) is 12.1 Å². The van der Waals surface area contributed by atoms with E-state index in [4.69, 9.17) is 4.74 Å². The fourth-order valence-corrected chi connectivity index (χ4v) is 2.32. The van der Waals surface area contributed by atoms with Gasteiger partial charge in [0.05, 0.1) is 18.4 Å². The maximum atomic E-state index is 13.9. The largest absolute Gasteiger partial charge is 0.497 e. The summed E-state index contributed by atoms with van der Waals surface area (Å²) in [5.74, 6) is -0.892. The van der Waals surface area contributed by atoms with Crippen molar-refractivity contribution >= 4 is 39.1 Å². The van der Waals surface area contributed by atoms with Gasteiger partial charge in [0.2, 0.25) is 5.91 Å². The van der Waals surface area contributed by atoms with Crippen LogP contribution in [0.1, 0.15) is 17.3 Å². The number of nitrogens with one attached hydrogen (secondary N) is 2. The third-order valence-corrected chi connectivity index (χ3v) is 3.64. The van der Waals surface area contributed by atoms with Crippen LogP contribution < -0.4 is 15.4 Å². The number of ether oxygens (including phenoxy) is 1. The van der Waals surface area contributed by atoms with E-state index >= 15 is 0 Å². The van der Waals surface area contributed by atoms with Crippen LogP contribution in [0, 0.1) is 5.82 Å². The molecular formula is C16H14BrFN2O3. The molecule has 0 saturated heterocycles. The topological polar surface area (TPSA) is 67.4 Å². The first-order valence-electron chi connectivity index (χ1n) is 6.62. The summed E-state index contributed by atoms with van der Waals surface area (Å²) < 4.78 is 19.5. The minimum Gasteiger partial charge on any atom is -0.497 e. The number of carbonyl (C=O) groups excluding carboxylic acids is 2. The van der Waals surface area contributed by atoms with E-state index in [-0.39, 0.29) is 11.6 Å². The molecule has 2 aromatic rings. The number of carbonyl (C=O) groups is 2. The van der Waals surface area contributed by atoms with Gasteiger partial charge in [0.1, 0.15) is 11.6 Å². The zero-order valence-corrected chi connectivity index (χ0v) is 14.0. The van der Waals surface area contributed by atoms with E-state index in [9.17, 15) is 14.0 Å². The van der Waals surface area contributed by atoms with Crippen LogP contribution in [0.2, 0.25) is 0 Å². The molecule has 2 N–H and O–H groups in total. The molecule has 2 amide bonds. The Kier molecular flexibility index (Phi) is 5.33. The maximum Gasteiger partial charge on any atom is 0.257 e. The zero-order valence-electron chi connectivity index (χ0n) is 12.4. The summed E-state index contributed by atoms with van der Waals surface area (Å²) >= 11 is 3.27. The molecule has 0 atom stereocenters. The number of methoxy groups -OCH3 is 1. The molecule has 0 spiro atoms. The van der Waals surface area contributed by atoms with Gasteiger partial charge in [-0.3, -0.25) is 9.59 Å². The van der Waals surface area contributed by atoms with Gasteiger partial charge >= 0.3 is 0 Å². The lowest BCUT2D eigenvalue weighted by Crippen LogP contribution is -2.14. The highest BCUT2D eigenvalue weighted by Gasteiger charge is 2.14. The molecule has 0 saturated carbocycles. The summed E-state index contributed by atoms with van der Waals surface area (Å²) in [6, 6.07) is 8.82. The number of anilines is 2. The minimum absolute atomic E-state index is 0.0315. The van der Waals surface area contributed by atoms with Crippen molar-refractivity contribution in [3.05, 3.63) is 52.3 Å². The van der Waals surface area contributed by atoms with Crippen molar-refractivity contribution in [3.63, 3.8) is 0 Å². The van der Waals surface area contributed by atoms with Gasteiger partial charge in [0, 0.05) is 17.1 Å². The Hall–Kier alpha value is -2.41. The van der Waals surface area contributed by atoms with Gasteiger partial charge in [-0.05, 0) is 52.3 Å². The number of amides is 2. The van der Waals surface area contributed by atoms with Crippen LogP contribution in [-0.4, -0.2) is 18.9 Å². The number of hydrogen-bond acceptors (Lipinski definition) is 3. The van der Waals surface area contributed by atoms with Gasteiger partial charge in [-0.1, -0.05) is 0 Å². The molecule has 0 radical (unpaired) electrons. The number of hydrogen-bond donors (Lipinski definition) is 2. The standard InChI is InChI=1S/C16H14BrFN2O3/c1-9(21)19-10-3-6-14(18)15(7-10)20-16(22)12-8-11(23-2)4-5-13(12)17/h3-8H,1-2H3,(H,19,21)(H,20,22). The fraction of sp³-hybridized carbons (Fsp3) is 0.125. The molecule has 0 aliphatic rings. The van der Waals surface area contributed by atoms with E-state index in [2.05, 4.69) is 26.6 Å². The third kappa shape index (κ3) is 4.29. The van der Waals surface area contributed by atoms with Crippen molar-refractivity contribution in [1.29, 1.82) is 0 Å². The molecule has 0 heterocycles. The molecule has 23 heavy (non-hydrogen) atoms. The molecule has 0 fully saturated rings. The first-order chi connectivity index (χ1) is 10.9. The summed E-state index contributed by atoms with van der Waals surface area (Å²) in [6.07, 6.45) is 0. The Balaban J connectivity index is 2.28. The van der Waals surface area contributed by atoms with Gasteiger partial charge in [0.15, 0.2) is 0 Å². The molecular weight excluding hydrogens is 367 g/mol. The normalized spacial score (nSPS) is 10.1. The second-order valence-electron chi connectivity index (χ2n) is 4.68. The molecule has 0 aromatic heterocycles. The summed E-state index contributed by atoms with van der Waals surface area (Å²) in [7, 11) is 1.49. The number of rotatable bonds is 4. The molecule has 0 bridgehead atoms. The summed E-state index contributed by atoms with van der Waals surface area (Å²) in [6.45, 7) is 1.34. The van der Waals surface area contributed by atoms with Gasteiger partial charge in [-0.15, -0.1) is 0 Å². The monoisotopic (exact) mass is 380 g/mol. The van der Waals surface area contributed by atoms with Gasteiger partial charge in [0.25, 0.3) is 5.91 Å². The molecule has 7 heteroatoms. The molecule has 2 rings (SSSR count). The highest BCUT2D eigenvalue weighted by molar-refractivity contribution is 9.10. The van der Waals surface area contributed by atoms with Crippen molar-refractivity contribution in [3.8, 4) is 5.75 Å². The molecule has 5 nitrogen and oxygen atoms in total. The Morgan fingerprint density at radius 1 is 1.13 bits per heavy atom. The Bertz CT molecular complexity index is 765. The van der Waals surface area contributed by atoms with Crippen molar-refractivity contribution in [1.82, 2.24) is 0 Å². The first kappa shape index (κ1) is 17.0. The van der Waals surface area contributed by atoms with Crippen LogP contribution in [0.25, 0.3) is 0 Å². The number of benzene rings is 2. The quantitative estimate of drug-likeness (QED) is 0.847. The van der Waals surface area contributed by atoms with E-state index in [0.717, 1.165) is 0 Å². The van der Waals surface area contributed by atoms with Gasteiger partial charge < -0.3 is 15.4 Å². The molecule has 0 aliphatic heterocycles. The average Bonchev–Trinajstić information content (AvgIpc) is 2.50. The van der Waals surface area contributed by atoms with E-state index in [1.165, 1.54) is 38.3 Å². The highest BCUT2D eigenvalue weighted by Crippen LogP contribution is 2.25. The number of halogens is 2. The van der Waals surface area contributed by atoms with E-state index < -0.39 is 11.7 Å². The van der Waals surface area contributed by atoms with Crippen LogP contribution in [0.4, 0.5) is 15.8 Å². The molecule has 120 valence electrons. The average molecular weight is 381 g/mol. The second kappa shape index (κ2) is 7.23. The Morgan fingerprint density at radius 3 is 2.52 bits per heavy atom. The van der Waals surface area contributed by atoms with Crippen LogP contribution in [-0.2, 0) is 4.79 Å². The lowest BCUT2D eigenvalue weighted by molar-refractivity contribution is -0.114. The second-order valence-corrected chi connectivity index (χ2v) is 5.53. The van der Waals surface area contributed by atoms with Crippen LogP contribution >= 0.6 is 15.9 Å². The SMILES string of the molecule is COc1ccc(Br)c(C(=O)Nc2cc(NC(C)=O)ccc2F)c1. The first-order valence-corrected chi connectivity index (χ1v) is 7.42. The highest BCUT2D eigenvalue weighted by atomic mass is 79.9. The summed E-state index contributed by atoms with van der Waals surface area (Å²) in [5.41, 5.74) is 0.656. The van der Waals surface area contributed by atoms with Crippen LogP contribution in [0.3, 0.4) is 0 Å². The Labute approximate surface area is 141 Å². The molecule has 0 aliphatic carbocycles. The van der Waals surface area contributed by atoms with Crippen LogP contribution in [0.15, 0.2) is 40.9 Å². The fourth-order valence-electron chi connectivity index (χ4n) is 1.90. The molecule has 0 unspecified atom stereocenters. The third-order valence-electron chi connectivity index (χ3n) is 2.95. The predicted octanol–water partition coefficient (Wildman–Crippen LogP) is 3.81. The van der Waals surface area contributed by atoms with Crippen molar-refractivity contribution in [2.75, 3.05) is 17.7 Å². The van der Waals surface area contributed by atoms with E-state index in [0.29, 0.717) is 21.5 Å². The van der Waals surface area contributed by atoms with Gasteiger partial charge in [-0.25, -0.2) is 4.39 Å². The van der Waals surface area contributed by atoms with E-state index in [1.807, 2.05) is 0 Å². The summed E-state index contributed by atoms with van der Waals surface area (Å²) in [5, 5.41) is 5.01. The lowest BCUT2D eigenvalue weighted by atomic mass is 10.2. The van der Waals surface area contributed by atoms with Crippen molar-refractivity contribution < 1.29 is 18.7 Å². The van der Waals surface area contributed by atoms with Crippen molar-refractivity contribution in [2.24, 2.45) is 0 Å². The minimum atomic E-state index is -0.605. The maximum absolute atomic E-state index is 13.9. The predicted molar refractivity (Wildman–Crippen MR) is 89.4 cm³/mol. The molecule has 2 aromatic carbocycles. The van der Waals surface area contributed by atoms with Gasteiger partial charge in [-0.2, -0.15) is 0 Å². The smallest absolute Gasteiger partial charge is 0.257 e. The lowest BCUT2D eigenvalue weighted by Gasteiger charge is -2.11. The summed E-state index contributed by atoms with van der Waals surface area (Å²) in [4.78, 5) is 23.4. The Morgan fingerprint density at radius 2 is 1.87 bits per heavy atom. The van der Waals surface area contributed by atoms with Crippen molar-refractivity contribution in [2.45, 2.75) is 6.92 Å². The van der Waals surface area contributed by atoms with Crippen LogP contribution in [0.5, 0.6) is 5.75 Å².